The lowest BCUT2D eigenvalue weighted by atomic mass is 10.3. The van der Waals surface area contributed by atoms with Gasteiger partial charge in [0.1, 0.15) is 17.5 Å². The summed E-state index contributed by atoms with van der Waals surface area (Å²) in [6.07, 6.45) is 2.67. The zero-order valence-electron chi connectivity index (χ0n) is 9.77. The van der Waals surface area contributed by atoms with Crippen LogP contribution >= 0.6 is 0 Å². The quantitative estimate of drug-likeness (QED) is 0.861. The summed E-state index contributed by atoms with van der Waals surface area (Å²) in [6, 6.07) is 2.58. The van der Waals surface area contributed by atoms with Crippen molar-refractivity contribution in [1.29, 1.82) is 0 Å². The smallest absolute Gasteiger partial charge is 0.296 e. The summed E-state index contributed by atoms with van der Waals surface area (Å²) in [5, 5.41) is 8.96. The molecule has 0 unspecified atom stereocenters. The molecule has 94 valence electrons. The van der Waals surface area contributed by atoms with E-state index in [4.69, 9.17) is 0 Å². The monoisotopic (exact) mass is 249 g/mol. The number of carbonyl (C=O) groups excluding carboxylic acids is 1. The molecule has 0 aliphatic heterocycles. The number of aryl methyl sites for hydroxylation is 1. The van der Waals surface area contributed by atoms with Gasteiger partial charge in [-0.1, -0.05) is 6.92 Å². The van der Waals surface area contributed by atoms with Crippen molar-refractivity contribution in [3.8, 4) is 0 Å². The van der Waals surface area contributed by atoms with Gasteiger partial charge in [-0.2, -0.15) is 0 Å². The summed E-state index contributed by atoms with van der Waals surface area (Å²) < 4.78 is 12.6. The second kappa shape index (κ2) is 5.35. The number of nitrogens with zero attached hydrogens (tertiary/aromatic N) is 3. The Hall–Kier alpha value is -2.31. The summed E-state index contributed by atoms with van der Waals surface area (Å²) in [5.74, 6) is 0.0198. The van der Waals surface area contributed by atoms with E-state index in [1.165, 1.54) is 12.1 Å². The molecule has 0 aliphatic rings. The molecule has 2 heterocycles. The van der Waals surface area contributed by atoms with Gasteiger partial charge in [0.2, 0.25) is 5.82 Å². The first-order valence-electron chi connectivity index (χ1n) is 5.53. The molecular formula is C11H12FN5O. The number of halogens is 1. The fourth-order valence-electron chi connectivity index (χ4n) is 1.37. The Morgan fingerprint density at radius 1 is 1.50 bits per heavy atom. The molecule has 1 amide bonds. The van der Waals surface area contributed by atoms with E-state index < -0.39 is 11.7 Å². The summed E-state index contributed by atoms with van der Waals surface area (Å²) >= 11 is 0. The minimum atomic E-state index is -0.479. The summed E-state index contributed by atoms with van der Waals surface area (Å²) in [4.78, 5) is 19.5. The van der Waals surface area contributed by atoms with Gasteiger partial charge in [0.25, 0.3) is 5.91 Å². The Balaban J connectivity index is 2.04. The number of nitrogens with one attached hydrogen (secondary N) is 2. The van der Waals surface area contributed by atoms with Crippen molar-refractivity contribution in [2.75, 3.05) is 5.32 Å². The van der Waals surface area contributed by atoms with E-state index in [1.807, 2.05) is 6.92 Å². The van der Waals surface area contributed by atoms with Crippen LogP contribution in [0.25, 0.3) is 0 Å². The number of pyridine rings is 1. The number of aromatic amines is 1. The van der Waals surface area contributed by atoms with Crippen LogP contribution in [0.15, 0.2) is 18.3 Å². The first kappa shape index (κ1) is 12.2. The molecule has 7 heteroatoms. The van der Waals surface area contributed by atoms with E-state index in [0.29, 0.717) is 5.82 Å². The maximum Gasteiger partial charge on any atom is 0.296 e. The zero-order chi connectivity index (χ0) is 13.0. The lowest BCUT2D eigenvalue weighted by molar-refractivity contribution is 0.101. The van der Waals surface area contributed by atoms with Crippen molar-refractivity contribution in [2.24, 2.45) is 0 Å². The molecule has 0 bridgehead atoms. The molecule has 0 saturated heterocycles. The van der Waals surface area contributed by atoms with Gasteiger partial charge >= 0.3 is 0 Å². The largest absolute Gasteiger partial charge is 0.304 e. The SMILES string of the molecule is CCCc1nc(C(=O)Nc2ccc(F)cn2)n[nH]1. The van der Waals surface area contributed by atoms with Crippen molar-refractivity contribution in [3.63, 3.8) is 0 Å². The lowest BCUT2D eigenvalue weighted by Crippen LogP contribution is -2.14. The first-order valence-corrected chi connectivity index (χ1v) is 5.53. The molecule has 0 radical (unpaired) electrons. The van der Waals surface area contributed by atoms with Gasteiger partial charge in [-0.25, -0.2) is 14.4 Å². The minimum absolute atomic E-state index is 0.0459. The van der Waals surface area contributed by atoms with E-state index in [-0.39, 0.29) is 11.6 Å². The number of rotatable bonds is 4. The predicted molar refractivity (Wildman–Crippen MR) is 62.5 cm³/mol. The topological polar surface area (TPSA) is 83.6 Å². The van der Waals surface area contributed by atoms with Crippen LogP contribution in [-0.4, -0.2) is 26.1 Å². The molecule has 0 aliphatic carbocycles. The molecule has 0 aromatic carbocycles. The van der Waals surface area contributed by atoms with E-state index in [1.54, 1.807) is 0 Å². The number of hydrogen-bond acceptors (Lipinski definition) is 4. The van der Waals surface area contributed by atoms with E-state index in [0.717, 1.165) is 19.0 Å². The van der Waals surface area contributed by atoms with Crippen LogP contribution in [0.1, 0.15) is 29.8 Å². The van der Waals surface area contributed by atoms with Crippen LogP contribution in [0.3, 0.4) is 0 Å². The molecule has 2 N–H and O–H groups in total. The highest BCUT2D eigenvalue weighted by Crippen LogP contribution is 2.05. The van der Waals surface area contributed by atoms with Gasteiger partial charge < -0.3 is 5.32 Å². The van der Waals surface area contributed by atoms with Crippen molar-refractivity contribution < 1.29 is 9.18 Å². The van der Waals surface area contributed by atoms with Crippen LogP contribution < -0.4 is 5.32 Å². The molecule has 0 saturated carbocycles. The summed E-state index contributed by atoms with van der Waals surface area (Å²) in [6.45, 7) is 2.00. The van der Waals surface area contributed by atoms with Gasteiger partial charge in [-0.15, -0.1) is 5.10 Å². The first-order chi connectivity index (χ1) is 8.69. The maximum absolute atomic E-state index is 12.6. The third-order valence-electron chi connectivity index (χ3n) is 2.19. The average molecular weight is 249 g/mol. The fraction of sp³-hybridized carbons (Fsp3) is 0.273. The maximum atomic E-state index is 12.6. The number of anilines is 1. The van der Waals surface area contributed by atoms with Crippen LogP contribution in [-0.2, 0) is 6.42 Å². The Kier molecular flexibility index (Phi) is 3.61. The average Bonchev–Trinajstić information content (AvgIpc) is 2.81. The number of aromatic nitrogens is 4. The van der Waals surface area contributed by atoms with Gasteiger partial charge in [-0.05, 0) is 18.6 Å². The summed E-state index contributed by atoms with van der Waals surface area (Å²) in [5.41, 5.74) is 0. The molecular weight excluding hydrogens is 237 g/mol. The van der Waals surface area contributed by atoms with Crippen molar-refractivity contribution in [3.05, 3.63) is 35.8 Å². The van der Waals surface area contributed by atoms with Gasteiger partial charge in [0.15, 0.2) is 0 Å². The second-order valence-electron chi connectivity index (χ2n) is 3.67. The Bertz CT molecular complexity index is 537. The molecule has 2 aromatic heterocycles. The highest BCUT2D eigenvalue weighted by molar-refractivity contribution is 6.00. The van der Waals surface area contributed by atoms with Gasteiger partial charge in [0.05, 0.1) is 6.20 Å². The standard InChI is InChI=1S/C11H12FN5O/c1-2-3-9-14-10(17-16-9)11(18)15-8-5-4-7(12)6-13-8/h4-6H,2-3H2,1H3,(H,13,15,18)(H,14,16,17). The third-order valence-corrected chi connectivity index (χ3v) is 2.19. The second-order valence-corrected chi connectivity index (χ2v) is 3.67. The van der Waals surface area contributed by atoms with E-state index in [2.05, 4.69) is 25.5 Å². The number of H-pyrrole nitrogens is 1. The highest BCUT2D eigenvalue weighted by atomic mass is 19.1. The van der Waals surface area contributed by atoms with Crippen LogP contribution in [0, 0.1) is 5.82 Å². The normalized spacial score (nSPS) is 10.3. The van der Waals surface area contributed by atoms with E-state index in [9.17, 15) is 9.18 Å². The van der Waals surface area contributed by atoms with Crippen LogP contribution in [0.5, 0.6) is 0 Å². The Labute approximate surface area is 103 Å². The minimum Gasteiger partial charge on any atom is -0.304 e. The Morgan fingerprint density at radius 2 is 2.33 bits per heavy atom. The van der Waals surface area contributed by atoms with Crippen LogP contribution in [0.2, 0.25) is 0 Å². The lowest BCUT2D eigenvalue weighted by Gasteiger charge is -2.00. The number of amides is 1. The molecule has 18 heavy (non-hydrogen) atoms. The molecule has 0 fully saturated rings. The predicted octanol–water partition coefficient (Wildman–Crippen LogP) is 1.54. The number of hydrogen-bond donors (Lipinski definition) is 2. The molecule has 2 rings (SSSR count). The molecule has 2 aromatic rings. The van der Waals surface area contributed by atoms with Crippen molar-refractivity contribution >= 4 is 11.7 Å². The zero-order valence-corrected chi connectivity index (χ0v) is 9.77. The molecule has 6 nitrogen and oxygen atoms in total. The molecule has 0 atom stereocenters. The van der Waals surface area contributed by atoms with Gasteiger partial charge in [0, 0.05) is 6.42 Å². The highest BCUT2D eigenvalue weighted by Gasteiger charge is 2.12. The fourth-order valence-corrected chi connectivity index (χ4v) is 1.37. The number of carbonyl (C=O) groups is 1. The summed E-state index contributed by atoms with van der Waals surface area (Å²) in [7, 11) is 0. The van der Waals surface area contributed by atoms with Gasteiger partial charge in [-0.3, -0.25) is 9.89 Å². The van der Waals surface area contributed by atoms with Crippen molar-refractivity contribution in [1.82, 2.24) is 20.2 Å². The molecule has 0 spiro atoms. The van der Waals surface area contributed by atoms with E-state index >= 15 is 0 Å². The Morgan fingerprint density at radius 3 is 3.00 bits per heavy atom. The van der Waals surface area contributed by atoms with Crippen molar-refractivity contribution in [2.45, 2.75) is 19.8 Å². The third kappa shape index (κ3) is 2.88. The van der Waals surface area contributed by atoms with Crippen LogP contribution in [0.4, 0.5) is 10.2 Å².